The SMILES string of the molecule is Cc1cc(-n2cn[nH]c2=O)ccc1O. The molecule has 0 radical (unpaired) electrons. The summed E-state index contributed by atoms with van der Waals surface area (Å²) in [5.74, 6) is 0.213. The van der Waals surface area contributed by atoms with Gasteiger partial charge in [0.1, 0.15) is 12.1 Å². The fourth-order valence-electron chi connectivity index (χ4n) is 1.22. The number of benzene rings is 1. The van der Waals surface area contributed by atoms with E-state index in [-0.39, 0.29) is 11.4 Å². The van der Waals surface area contributed by atoms with Gasteiger partial charge in [-0.3, -0.25) is 0 Å². The van der Waals surface area contributed by atoms with E-state index in [0.29, 0.717) is 5.69 Å². The molecule has 2 rings (SSSR count). The van der Waals surface area contributed by atoms with Crippen molar-refractivity contribution < 1.29 is 5.11 Å². The van der Waals surface area contributed by atoms with Crippen LogP contribution in [0, 0.1) is 6.92 Å². The van der Waals surface area contributed by atoms with Crippen LogP contribution >= 0.6 is 0 Å². The molecule has 1 aromatic heterocycles. The molecule has 14 heavy (non-hydrogen) atoms. The highest BCUT2D eigenvalue weighted by atomic mass is 16.3. The maximum Gasteiger partial charge on any atom is 0.347 e. The summed E-state index contributed by atoms with van der Waals surface area (Å²) in [7, 11) is 0. The lowest BCUT2D eigenvalue weighted by Crippen LogP contribution is -2.13. The van der Waals surface area contributed by atoms with Gasteiger partial charge in [0.15, 0.2) is 0 Å². The number of phenols is 1. The Morgan fingerprint density at radius 3 is 2.86 bits per heavy atom. The van der Waals surface area contributed by atoms with Crippen LogP contribution in [0.4, 0.5) is 0 Å². The van der Waals surface area contributed by atoms with Crippen LogP contribution in [-0.4, -0.2) is 19.9 Å². The summed E-state index contributed by atoms with van der Waals surface area (Å²) in [5, 5.41) is 15.2. The molecule has 2 N–H and O–H groups in total. The largest absolute Gasteiger partial charge is 0.508 e. The Morgan fingerprint density at radius 2 is 2.29 bits per heavy atom. The van der Waals surface area contributed by atoms with Crippen LogP contribution in [0.15, 0.2) is 29.3 Å². The third-order valence-electron chi connectivity index (χ3n) is 2.01. The molecule has 0 aliphatic carbocycles. The van der Waals surface area contributed by atoms with Crippen molar-refractivity contribution in [3.63, 3.8) is 0 Å². The first-order chi connectivity index (χ1) is 6.68. The van der Waals surface area contributed by atoms with Gasteiger partial charge in [0.05, 0.1) is 5.69 Å². The summed E-state index contributed by atoms with van der Waals surface area (Å²) in [6, 6.07) is 4.91. The zero-order valence-electron chi connectivity index (χ0n) is 7.56. The van der Waals surface area contributed by atoms with Gasteiger partial charge in [-0.1, -0.05) is 0 Å². The van der Waals surface area contributed by atoms with E-state index in [4.69, 9.17) is 0 Å². The molecule has 0 spiro atoms. The average molecular weight is 191 g/mol. The lowest BCUT2D eigenvalue weighted by Gasteiger charge is -2.02. The molecule has 2 aromatic rings. The molecule has 0 saturated carbocycles. The van der Waals surface area contributed by atoms with E-state index in [9.17, 15) is 9.90 Å². The maximum absolute atomic E-state index is 11.2. The molecule has 1 heterocycles. The molecule has 1 aromatic carbocycles. The number of hydrogen-bond donors (Lipinski definition) is 2. The number of nitrogens with zero attached hydrogens (tertiary/aromatic N) is 2. The van der Waals surface area contributed by atoms with Crippen molar-refractivity contribution in [3.8, 4) is 11.4 Å². The second-order valence-electron chi connectivity index (χ2n) is 3.00. The molecule has 0 atom stereocenters. The summed E-state index contributed by atoms with van der Waals surface area (Å²) in [4.78, 5) is 11.2. The van der Waals surface area contributed by atoms with E-state index in [1.165, 1.54) is 10.9 Å². The van der Waals surface area contributed by atoms with Gasteiger partial charge in [-0.2, -0.15) is 5.10 Å². The zero-order valence-corrected chi connectivity index (χ0v) is 7.56. The molecule has 0 aliphatic heterocycles. The standard InChI is InChI=1S/C9H9N3O2/c1-6-4-7(2-3-8(6)13)12-5-10-11-9(12)14/h2-5,13H,1H3,(H,11,14). The van der Waals surface area contributed by atoms with Gasteiger partial charge < -0.3 is 5.11 Å². The normalized spacial score (nSPS) is 10.4. The lowest BCUT2D eigenvalue weighted by molar-refractivity contribution is 0.471. The van der Waals surface area contributed by atoms with Crippen LogP contribution in [0.3, 0.4) is 0 Å². The van der Waals surface area contributed by atoms with E-state index < -0.39 is 0 Å². The smallest absolute Gasteiger partial charge is 0.347 e. The number of rotatable bonds is 1. The van der Waals surface area contributed by atoms with E-state index in [2.05, 4.69) is 10.2 Å². The third kappa shape index (κ3) is 1.28. The minimum Gasteiger partial charge on any atom is -0.508 e. The van der Waals surface area contributed by atoms with Crippen LogP contribution < -0.4 is 5.69 Å². The van der Waals surface area contributed by atoms with Gasteiger partial charge in [0.2, 0.25) is 0 Å². The fraction of sp³-hybridized carbons (Fsp3) is 0.111. The Labute approximate surface area is 79.6 Å². The number of hydrogen-bond acceptors (Lipinski definition) is 3. The maximum atomic E-state index is 11.2. The van der Waals surface area contributed by atoms with Crippen molar-refractivity contribution in [2.75, 3.05) is 0 Å². The van der Waals surface area contributed by atoms with Crippen molar-refractivity contribution in [2.24, 2.45) is 0 Å². The molecule has 0 fully saturated rings. The summed E-state index contributed by atoms with van der Waals surface area (Å²) in [5.41, 5.74) is 1.10. The predicted octanol–water partition coefficient (Wildman–Crippen LogP) is 0.575. The number of aromatic nitrogens is 3. The van der Waals surface area contributed by atoms with Gasteiger partial charge in [0.25, 0.3) is 0 Å². The molecule has 0 unspecified atom stereocenters. The first-order valence-electron chi connectivity index (χ1n) is 4.10. The van der Waals surface area contributed by atoms with Gasteiger partial charge in [-0.05, 0) is 30.7 Å². The van der Waals surface area contributed by atoms with Crippen molar-refractivity contribution in [3.05, 3.63) is 40.6 Å². The number of H-pyrrole nitrogens is 1. The second kappa shape index (κ2) is 3.02. The topological polar surface area (TPSA) is 70.9 Å². The van der Waals surface area contributed by atoms with Crippen molar-refractivity contribution >= 4 is 0 Å². The summed E-state index contributed by atoms with van der Waals surface area (Å²) in [6.45, 7) is 1.77. The highest BCUT2D eigenvalue weighted by molar-refractivity contribution is 5.42. The van der Waals surface area contributed by atoms with Crippen molar-refractivity contribution in [2.45, 2.75) is 6.92 Å². The van der Waals surface area contributed by atoms with Gasteiger partial charge >= 0.3 is 5.69 Å². The molecule has 5 nitrogen and oxygen atoms in total. The summed E-state index contributed by atoms with van der Waals surface area (Å²) >= 11 is 0. The Kier molecular flexibility index (Phi) is 1.85. The Bertz CT molecular complexity index is 513. The third-order valence-corrected chi connectivity index (χ3v) is 2.01. The Balaban J connectivity index is 2.59. The molecule has 5 heteroatoms. The molecule has 0 saturated heterocycles. The molecule has 72 valence electrons. The minimum absolute atomic E-state index is 0.213. The van der Waals surface area contributed by atoms with Gasteiger partial charge in [-0.15, -0.1) is 0 Å². The first-order valence-corrected chi connectivity index (χ1v) is 4.10. The monoisotopic (exact) mass is 191 g/mol. The second-order valence-corrected chi connectivity index (χ2v) is 3.00. The molecular weight excluding hydrogens is 182 g/mol. The molecule has 0 amide bonds. The van der Waals surface area contributed by atoms with Crippen LogP contribution in [0.25, 0.3) is 5.69 Å². The number of aryl methyl sites for hydroxylation is 1. The predicted molar refractivity (Wildman–Crippen MR) is 50.6 cm³/mol. The van der Waals surface area contributed by atoms with Crippen LogP contribution in [-0.2, 0) is 0 Å². The van der Waals surface area contributed by atoms with Crippen LogP contribution in [0.1, 0.15) is 5.56 Å². The Hall–Kier alpha value is -2.04. The zero-order chi connectivity index (χ0) is 10.1. The van der Waals surface area contributed by atoms with E-state index in [1.54, 1.807) is 25.1 Å². The van der Waals surface area contributed by atoms with Gasteiger partial charge in [0, 0.05) is 0 Å². The number of aromatic hydroxyl groups is 1. The first kappa shape index (κ1) is 8.55. The van der Waals surface area contributed by atoms with Crippen LogP contribution in [0.2, 0.25) is 0 Å². The lowest BCUT2D eigenvalue weighted by atomic mass is 10.2. The number of nitrogens with one attached hydrogen (secondary N) is 1. The van der Waals surface area contributed by atoms with Crippen molar-refractivity contribution in [1.29, 1.82) is 0 Å². The molecular formula is C9H9N3O2. The summed E-state index contributed by atoms with van der Waals surface area (Å²) in [6.07, 6.45) is 1.40. The summed E-state index contributed by atoms with van der Waals surface area (Å²) < 4.78 is 1.37. The fourth-order valence-corrected chi connectivity index (χ4v) is 1.22. The van der Waals surface area contributed by atoms with E-state index >= 15 is 0 Å². The molecule has 0 aliphatic rings. The highest BCUT2D eigenvalue weighted by Gasteiger charge is 2.02. The van der Waals surface area contributed by atoms with E-state index in [0.717, 1.165) is 5.56 Å². The minimum atomic E-state index is -0.296. The Morgan fingerprint density at radius 1 is 1.50 bits per heavy atom. The highest BCUT2D eigenvalue weighted by Crippen LogP contribution is 2.18. The quantitative estimate of drug-likeness (QED) is 0.692. The van der Waals surface area contributed by atoms with Crippen LogP contribution in [0.5, 0.6) is 5.75 Å². The average Bonchev–Trinajstić information content (AvgIpc) is 2.57. The number of phenolic OH excluding ortho intramolecular Hbond substituents is 1. The van der Waals surface area contributed by atoms with Gasteiger partial charge in [-0.25, -0.2) is 14.5 Å². The molecule has 0 bridgehead atoms. The van der Waals surface area contributed by atoms with E-state index in [1.807, 2.05) is 0 Å². The van der Waals surface area contributed by atoms with Crippen molar-refractivity contribution in [1.82, 2.24) is 14.8 Å². The number of aromatic amines is 1.